The summed E-state index contributed by atoms with van der Waals surface area (Å²) in [5.74, 6) is -1.11. The third-order valence-corrected chi connectivity index (χ3v) is 5.30. The van der Waals surface area contributed by atoms with Crippen molar-refractivity contribution in [3.8, 4) is 5.95 Å². The molecule has 0 aliphatic heterocycles. The van der Waals surface area contributed by atoms with Crippen LogP contribution in [0, 0.1) is 5.82 Å². The van der Waals surface area contributed by atoms with Crippen molar-refractivity contribution in [2.45, 2.75) is 31.7 Å². The van der Waals surface area contributed by atoms with Gasteiger partial charge in [0.05, 0.1) is 23.5 Å². The number of carboxylic acid groups (broad SMARTS) is 1. The molecule has 0 spiro atoms. The first-order valence-electron chi connectivity index (χ1n) is 9.48. The second-order valence-corrected chi connectivity index (χ2v) is 7.40. The van der Waals surface area contributed by atoms with Gasteiger partial charge in [0, 0.05) is 12.1 Å². The van der Waals surface area contributed by atoms with Gasteiger partial charge in [-0.2, -0.15) is 10.2 Å². The summed E-state index contributed by atoms with van der Waals surface area (Å²) >= 11 is 0. The van der Waals surface area contributed by atoms with Crippen LogP contribution in [-0.4, -0.2) is 40.6 Å². The number of aromatic nitrogens is 6. The minimum absolute atomic E-state index is 0.0132. The summed E-state index contributed by atoms with van der Waals surface area (Å²) < 4.78 is 16.2. The average Bonchev–Trinajstić information content (AvgIpc) is 3.30. The average molecular weight is 408 g/mol. The van der Waals surface area contributed by atoms with Crippen LogP contribution in [0.15, 0.2) is 41.5 Å². The summed E-state index contributed by atoms with van der Waals surface area (Å²) in [4.78, 5) is 31.4. The number of hydrogen-bond donors (Lipinski definition) is 2. The van der Waals surface area contributed by atoms with Crippen molar-refractivity contribution >= 4 is 17.0 Å². The van der Waals surface area contributed by atoms with Gasteiger partial charge in [0.25, 0.3) is 5.56 Å². The highest BCUT2D eigenvalue weighted by Gasteiger charge is 2.32. The van der Waals surface area contributed by atoms with Crippen LogP contribution in [0.3, 0.4) is 0 Å². The van der Waals surface area contributed by atoms with Crippen LogP contribution >= 0.6 is 0 Å². The molecule has 0 amide bonds. The molecule has 152 valence electrons. The topological polar surface area (TPSA) is 119 Å². The van der Waals surface area contributed by atoms with E-state index in [4.69, 9.17) is 10.2 Å². The third kappa shape index (κ3) is 2.97. The van der Waals surface area contributed by atoms with Crippen molar-refractivity contribution in [1.29, 1.82) is 0 Å². The predicted molar refractivity (Wildman–Crippen MR) is 104 cm³/mol. The molecule has 10 heteroatoms. The van der Waals surface area contributed by atoms with Crippen LogP contribution in [0.4, 0.5) is 4.39 Å². The number of carboxylic acids is 1. The Morgan fingerprint density at radius 3 is 2.67 bits per heavy atom. The maximum Gasteiger partial charge on any atom is 0.338 e. The Morgan fingerprint density at radius 2 is 2.03 bits per heavy atom. The minimum Gasteiger partial charge on any atom is -0.478 e. The molecule has 0 bridgehead atoms. The predicted octanol–water partition coefficient (Wildman–Crippen LogP) is 2.63. The number of nitrogens with one attached hydrogen (secondary N) is 1. The number of hydrogen-bond acceptors (Lipinski definition) is 5. The van der Waals surface area contributed by atoms with Crippen molar-refractivity contribution < 1.29 is 14.3 Å². The first-order valence-corrected chi connectivity index (χ1v) is 9.48. The molecule has 3 heterocycles. The molecule has 5 rings (SSSR count). The van der Waals surface area contributed by atoms with Gasteiger partial charge in [-0.15, -0.1) is 0 Å². The quantitative estimate of drug-likeness (QED) is 0.524. The molecule has 30 heavy (non-hydrogen) atoms. The van der Waals surface area contributed by atoms with E-state index < -0.39 is 11.5 Å². The molecule has 0 saturated heterocycles. The van der Waals surface area contributed by atoms with Crippen LogP contribution in [0.2, 0.25) is 0 Å². The largest absolute Gasteiger partial charge is 0.478 e. The Bertz CT molecular complexity index is 1330. The van der Waals surface area contributed by atoms with Crippen molar-refractivity contribution in [3.05, 3.63) is 69.7 Å². The highest BCUT2D eigenvalue weighted by atomic mass is 19.1. The van der Waals surface area contributed by atoms with E-state index in [9.17, 15) is 14.0 Å². The molecular formula is C20H17FN6O3. The van der Waals surface area contributed by atoms with Crippen LogP contribution in [0.5, 0.6) is 0 Å². The van der Waals surface area contributed by atoms with E-state index in [-0.39, 0.29) is 29.3 Å². The Hall–Kier alpha value is -3.82. The smallest absolute Gasteiger partial charge is 0.338 e. The number of rotatable bonds is 5. The Balaban J connectivity index is 1.67. The molecular weight excluding hydrogens is 391 g/mol. The number of carbonyl (C=O) groups is 1. The van der Waals surface area contributed by atoms with Gasteiger partial charge in [0.15, 0.2) is 5.52 Å². The molecule has 1 aromatic carbocycles. The number of H-pyrrole nitrogens is 1. The van der Waals surface area contributed by atoms with Gasteiger partial charge in [0.1, 0.15) is 11.3 Å². The molecule has 1 aliphatic carbocycles. The summed E-state index contributed by atoms with van der Waals surface area (Å²) in [6, 6.07) is 5.77. The van der Waals surface area contributed by atoms with Crippen LogP contribution in [0.1, 0.15) is 53.3 Å². The van der Waals surface area contributed by atoms with Crippen molar-refractivity contribution in [1.82, 2.24) is 29.5 Å². The fraction of sp³-hybridized carbons (Fsp3) is 0.250. The van der Waals surface area contributed by atoms with E-state index in [2.05, 4.69) is 15.1 Å². The maximum atomic E-state index is 13.3. The van der Waals surface area contributed by atoms with Gasteiger partial charge in [-0.25, -0.2) is 18.9 Å². The van der Waals surface area contributed by atoms with E-state index in [1.165, 1.54) is 29.2 Å². The van der Waals surface area contributed by atoms with Crippen molar-refractivity contribution in [2.75, 3.05) is 0 Å². The molecule has 1 atom stereocenters. The summed E-state index contributed by atoms with van der Waals surface area (Å²) in [6.45, 7) is 1.89. The Kier molecular flexibility index (Phi) is 4.02. The first kappa shape index (κ1) is 18.2. The van der Waals surface area contributed by atoms with Gasteiger partial charge in [-0.3, -0.25) is 14.5 Å². The highest BCUT2D eigenvalue weighted by molar-refractivity contribution is 5.87. The summed E-state index contributed by atoms with van der Waals surface area (Å²) in [5, 5.41) is 17.8. The third-order valence-electron chi connectivity index (χ3n) is 5.30. The van der Waals surface area contributed by atoms with E-state index in [1.54, 1.807) is 16.8 Å². The lowest BCUT2D eigenvalue weighted by Gasteiger charge is -2.13. The Labute approximate surface area is 168 Å². The number of nitrogens with zero attached hydrogens (tertiary/aromatic N) is 5. The molecule has 9 nitrogen and oxygen atoms in total. The van der Waals surface area contributed by atoms with Gasteiger partial charge in [-0.1, -0.05) is 12.1 Å². The molecule has 2 N–H and O–H groups in total. The standard InChI is InChI=1S/C20H17FN6O3/c1-10(11-4-6-14(21)7-5-11)27-17-16(15(25-27)12-2-3-12)23-20(24-18(17)28)26-9-13(8-22-26)19(29)30/h4-10,12H,2-3H2,1H3,(H,29,30)(H,23,24,28)/t10-/m0/s1. The molecule has 1 aliphatic rings. The lowest BCUT2D eigenvalue weighted by atomic mass is 10.1. The highest BCUT2D eigenvalue weighted by Crippen LogP contribution is 2.42. The second-order valence-electron chi connectivity index (χ2n) is 7.40. The van der Waals surface area contributed by atoms with Gasteiger partial charge >= 0.3 is 5.97 Å². The van der Waals surface area contributed by atoms with E-state index in [1.807, 2.05) is 6.92 Å². The summed E-state index contributed by atoms with van der Waals surface area (Å²) in [6.07, 6.45) is 4.40. The number of halogens is 1. The number of aromatic amines is 1. The SMILES string of the molecule is C[C@@H](c1ccc(F)cc1)n1nc(C2CC2)c2nc(-n3cc(C(=O)O)cn3)[nH]c(=O)c21. The zero-order chi connectivity index (χ0) is 21.0. The normalized spacial score (nSPS) is 14.9. The summed E-state index contributed by atoms with van der Waals surface area (Å²) in [7, 11) is 0. The fourth-order valence-corrected chi connectivity index (χ4v) is 3.51. The lowest BCUT2D eigenvalue weighted by molar-refractivity contribution is 0.0697. The summed E-state index contributed by atoms with van der Waals surface area (Å²) in [5.41, 5.74) is 1.92. The first-order chi connectivity index (χ1) is 14.4. The van der Waals surface area contributed by atoms with E-state index in [0.29, 0.717) is 11.0 Å². The van der Waals surface area contributed by atoms with Crippen molar-refractivity contribution in [3.63, 3.8) is 0 Å². The number of fused-ring (bicyclic) bond motifs is 1. The van der Waals surface area contributed by atoms with Crippen molar-refractivity contribution in [2.24, 2.45) is 0 Å². The molecule has 4 aromatic rings. The van der Waals surface area contributed by atoms with Crippen LogP contribution in [0.25, 0.3) is 17.0 Å². The molecule has 0 unspecified atom stereocenters. The monoisotopic (exact) mass is 408 g/mol. The number of aromatic carboxylic acids is 1. The molecule has 1 fully saturated rings. The van der Waals surface area contributed by atoms with E-state index in [0.717, 1.165) is 24.1 Å². The van der Waals surface area contributed by atoms with Crippen LogP contribution < -0.4 is 5.56 Å². The molecule has 1 saturated carbocycles. The van der Waals surface area contributed by atoms with E-state index >= 15 is 0 Å². The zero-order valence-electron chi connectivity index (χ0n) is 15.9. The second kappa shape index (κ2) is 6.61. The van der Waals surface area contributed by atoms with Gasteiger partial charge < -0.3 is 5.11 Å². The zero-order valence-corrected chi connectivity index (χ0v) is 15.9. The Morgan fingerprint density at radius 1 is 1.30 bits per heavy atom. The minimum atomic E-state index is -1.12. The molecule has 3 aromatic heterocycles. The van der Waals surface area contributed by atoms with Crippen LogP contribution in [-0.2, 0) is 0 Å². The molecule has 0 radical (unpaired) electrons. The lowest BCUT2D eigenvalue weighted by Crippen LogP contribution is -2.18. The maximum absolute atomic E-state index is 13.3. The fourth-order valence-electron chi connectivity index (χ4n) is 3.51. The van der Waals surface area contributed by atoms with Gasteiger partial charge in [-0.05, 0) is 37.5 Å². The van der Waals surface area contributed by atoms with Gasteiger partial charge in [0.2, 0.25) is 5.95 Å². The number of benzene rings is 1.